The third-order valence-electron chi connectivity index (χ3n) is 0.362. The summed E-state index contributed by atoms with van der Waals surface area (Å²) in [7, 11) is -6.75. The van der Waals surface area contributed by atoms with Crippen molar-refractivity contribution in [3.8, 4) is 0 Å². The van der Waals surface area contributed by atoms with Crippen LogP contribution in [0.4, 0.5) is 0 Å². The van der Waals surface area contributed by atoms with Crippen molar-refractivity contribution < 1.29 is 57.5 Å². The number of rotatable bonds is 4. The molecule has 2 atom stereocenters. The van der Waals surface area contributed by atoms with E-state index in [1.54, 1.807) is 0 Å². The molecule has 0 bridgehead atoms. The van der Waals surface area contributed by atoms with Gasteiger partial charge in [0, 0.05) is 0 Å². The van der Waals surface area contributed by atoms with E-state index in [2.05, 4.69) is 9.05 Å². The van der Waals surface area contributed by atoms with Crippen LogP contribution in [0.25, 0.3) is 0 Å². The standard InChI is InChI=1S/CCl2O6P2.Na/c2-1(3,8-10(4)5)9-11(6)7;/q;+1. The summed E-state index contributed by atoms with van der Waals surface area (Å²) in [5.74, 6) is 0. The molecule has 0 saturated heterocycles. The molecule has 0 aromatic heterocycles. The molecule has 0 saturated carbocycles. The molecule has 2 unspecified atom stereocenters. The van der Waals surface area contributed by atoms with Gasteiger partial charge in [0.25, 0.3) is 0 Å². The summed E-state index contributed by atoms with van der Waals surface area (Å²) >= 11 is 9.76. The molecule has 0 amide bonds. The minimum atomic E-state index is -3.38. The Morgan fingerprint density at radius 1 is 1.08 bits per heavy atom. The largest absolute Gasteiger partial charge is 1.00 e. The monoisotopic (exact) mass is 263 g/mol. The molecule has 0 spiro atoms. The van der Waals surface area contributed by atoms with E-state index >= 15 is 0 Å². The van der Waals surface area contributed by atoms with Crippen LogP contribution in [-0.4, -0.2) is 4.71 Å². The van der Waals surface area contributed by atoms with Crippen molar-refractivity contribution in [3.05, 3.63) is 0 Å². The van der Waals surface area contributed by atoms with Crippen molar-refractivity contribution in [2.24, 2.45) is 0 Å². The second-order valence-electron chi connectivity index (χ2n) is 1.09. The van der Waals surface area contributed by atoms with E-state index in [-0.39, 0.29) is 29.6 Å². The summed E-state index contributed by atoms with van der Waals surface area (Å²) in [4.78, 5) is 19.5. The zero-order valence-corrected chi connectivity index (χ0v) is 10.9. The first-order valence-corrected chi connectivity index (χ1v) is 4.83. The van der Waals surface area contributed by atoms with Gasteiger partial charge in [-0.15, -0.1) is 0 Å². The quantitative estimate of drug-likeness (QED) is 0.234. The fraction of sp³-hybridized carbons (Fsp3) is 1.00. The number of halogens is 2. The second kappa shape index (κ2) is 6.98. The summed E-state index contributed by atoms with van der Waals surface area (Å²) in [6, 6.07) is 0. The van der Waals surface area contributed by atoms with Gasteiger partial charge in [0.2, 0.25) is 0 Å². The first-order valence-electron chi connectivity index (χ1n) is 1.88. The van der Waals surface area contributed by atoms with Gasteiger partial charge >= 0.3 is 50.8 Å². The van der Waals surface area contributed by atoms with Gasteiger partial charge in [0.05, 0.1) is 0 Å². The molecule has 0 heterocycles. The minimum absolute atomic E-state index is 0. The average Bonchev–Trinajstić information content (AvgIpc) is 1.53. The summed E-state index contributed by atoms with van der Waals surface area (Å²) in [6.07, 6.45) is 0. The Kier molecular flexibility index (Phi) is 9.35. The van der Waals surface area contributed by atoms with Gasteiger partial charge in [-0.2, -0.15) is 0 Å². The molecule has 0 aliphatic rings. The zero-order valence-electron chi connectivity index (χ0n) is 5.60. The SMILES string of the molecule is O=[P+]([O-])OC(Cl)(Cl)O[P+](=O)[O-].[Na+]. The Hall–Kier alpha value is 1.62. The van der Waals surface area contributed by atoms with E-state index in [0.717, 1.165) is 0 Å². The van der Waals surface area contributed by atoms with E-state index in [9.17, 15) is 18.9 Å². The Bertz CT molecular complexity index is 166. The first kappa shape index (κ1) is 16.1. The molecule has 0 aromatic rings. The smallest absolute Gasteiger partial charge is 0.566 e. The van der Waals surface area contributed by atoms with Gasteiger partial charge in [-0.05, 0) is 32.3 Å². The third-order valence-corrected chi connectivity index (χ3v) is 1.91. The predicted octanol–water partition coefficient (Wildman–Crippen LogP) is -2.85. The second-order valence-corrected chi connectivity index (χ2v) is 3.54. The zero-order chi connectivity index (χ0) is 9.07. The molecule has 0 aliphatic carbocycles. The van der Waals surface area contributed by atoms with Crippen LogP contribution in [-0.2, 0) is 18.2 Å². The maximum atomic E-state index is 9.77. The molecule has 0 aromatic carbocycles. The number of alkyl halides is 2. The van der Waals surface area contributed by atoms with Gasteiger partial charge in [0.15, 0.2) is 0 Å². The maximum Gasteiger partial charge on any atom is 1.00 e. The molecule has 12 heavy (non-hydrogen) atoms. The van der Waals surface area contributed by atoms with Crippen LogP contribution in [0.15, 0.2) is 0 Å². The molecular weight excluding hydrogens is 264 g/mol. The maximum absolute atomic E-state index is 9.77. The van der Waals surface area contributed by atoms with Crippen LogP contribution >= 0.6 is 39.7 Å². The van der Waals surface area contributed by atoms with Crippen molar-refractivity contribution >= 4 is 39.7 Å². The predicted molar refractivity (Wildman–Crippen MR) is 31.8 cm³/mol. The average molecular weight is 264 g/mol. The number of hydrogen-bond acceptors (Lipinski definition) is 6. The van der Waals surface area contributed by atoms with Crippen LogP contribution < -0.4 is 39.3 Å². The summed E-state index contributed by atoms with van der Waals surface area (Å²) < 4.78 is 24.1. The molecule has 11 heteroatoms. The topological polar surface area (TPSA) is 98.7 Å². The van der Waals surface area contributed by atoms with Gasteiger partial charge in [-0.25, -0.2) is 0 Å². The van der Waals surface area contributed by atoms with Gasteiger partial charge in [0.1, 0.15) is 0 Å². The molecule has 0 N–H and O–H groups in total. The fourth-order valence-corrected chi connectivity index (χ4v) is 1.35. The molecule has 0 rings (SSSR count). The van der Waals surface area contributed by atoms with Crippen LogP contribution in [0.2, 0.25) is 0 Å². The van der Waals surface area contributed by atoms with Gasteiger partial charge in [-0.3, -0.25) is 0 Å². The molecule has 0 aliphatic heterocycles. The van der Waals surface area contributed by atoms with Gasteiger partial charge < -0.3 is 9.79 Å². The van der Waals surface area contributed by atoms with E-state index < -0.39 is 21.2 Å². The Labute approximate surface area is 101 Å². The molecular formula is CCl2NaO6P2+. The molecule has 0 radical (unpaired) electrons. The van der Waals surface area contributed by atoms with E-state index in [0.29, 0.717) is 0 Å². The molecule has 64 valence electrons. The van der Waals surface area contributed by atoms with Crippen molar-refractivity contribution in [2.45, 2.75) is 4.71 Å². The Morgan fingerprint density at radius 3 is 1.50 bits per heavy atom. The van der Waals surface area contributed by atoms with Crippen molar-refractivity contribution in [2.75, 3.05) is 0 Å². The van der Waals surface area contributed by atoms with Crippen LogP contribution in [0.5, 0.6) is 0 Å². The number of hydrogen-bond donors (Lipinski definition) is 0. The van der Waals surface area contributed by atoms with Crippen LogP contribution in [0.1, 0.15) is 0 Å². The molecule has 6 nitrogen and oxygen atoms in total. The third kappa shape index (κ3) is 9.71. The van der Waals surface area contributed by atoms with Gasteiger partial charge in [-0.1, -0.05) is 9.05 Å². The minimum Gasteiger partial charge on any atom is -0.566 e. The van der Waals surface area contributed by atoms with Crippen molar-refractivity contribution in [3.63, 3.8) is 0 Å². The first-order chi connectivity index (χ1) is 4.83. The Morgan fingerprint density at radius 2 is 1.33 bits per heavy atom. The molecule has 0 fully saturated rings. The Balaban J connectivity index is 0. The summed E-state index contributed by atoms with van der Waals surface area (Å²) in [6.45, 7) is 0. The normalized spacial score (nSPS) is 13.3. The van der Waals surface area contributed by atoms with Crippen LogP contribution in [0, 0.1) is 0 Å². The summed E-state index contributed by atoms with van der Waals surface area (Å²) in [5.41, 5.74) is 0. The van der Waals surface area contributed by atoms with E-state index in [4.69, 9.17) is 23.2 Å². The van der Waals surface area contributed by atoms with Crippen molar-refractivity contribution in [1.29, 1.82) is 0 Å². The van der Waals surface area contributed by atoms with E-state index in [1.807, 2.05) is 0 Å². The van der Waals surface area contributed by atoms with Crippen molar-refractivity contribution in [1.82, 2.24) is 0 Å². The summed E-state index contributed by atoms with van der Waals surface area (Å²) in [5, 5.41) is 0. The fourth-order valence-electron chi connectivity index (χ4n) is 0.190. The van der Waals surface area contributed by atoms with E-state index in [1.165, 1.54) is 0 Å². The van der Waals surface area contributed by atoms with Crippen LogP contribution in [0.3, 0.4) is 0 Å².